The van der Waals surface area contributed by atoms with Crippen LogP contribution < -0.4 is 4.74 Å². The van der Waals surface area contributed by atoms with Crippen LogP contribution in [0.3, 0.4) is 0 Å². The van der Waals surface area contributed by atoms with Crippen molar-refractivity contribution in [1.29, 1.82) is 0 Å². The van der Waals surface area contributed by atoms with Crippen molar-refractivity contribution >= 4 is 0 Å². The fraction of sp³-hybridized carbons (Fsp3) is 0.364. The third kappa shape index (κ3) is 4.39. The topological polar surface area (TPSA) is 43.2 Å². The van der Waals surface area contributed by atoms with E-state index in [-0.39, 0.29) is 5.82 Å². The first-order chi connectivity index (χ1) is 13.7. The van der Waals surface area contributed by atoms with Crippen LogP contribution >= 0.6 is 0 Å². The van der Waals surface area contributed by atoms with Gasteiger partial charge in [0, 0.05) is 12.5 Å². The summed E-state index contributed by atoms with van der Waals surface area (Å²) in [5.74, 6) is 1.09. The van der Waals surface area contributed by atoms with Crippen molar-refractivity contribution in [3.63, 3.8) is 0 Å². The summed E-state index contributed by atoms with van der Waals surface area (Å²) >= 11 is 0. The summed E-state index contributed by atoms with van der Waals surface area (Å²) in [6, 6.07) is 14.6. The monoisotopic (exact) mass is 380 g/mol. The lowest BCUT2D eigenvalue weighted by Crippen LogP contribution is -2.34. The summed E-state index contributed by atoms with van der Waals surface area (Å²) in [4.78, 5) is 2.52. The Hall–Kier alpha value is -2.73. The van der Waals surface area contributed by atoms with E-state index >= 15 is 0 Å². The molecule has 1 aromatic heterocycles. The van der Waals surface area contributed by atoms with Gasteiger partial charge in [-0.25, -0.2) is 9.07 Å². The van der Waals surface area contributed by atoms with Crippen molar-refractivity contribution in [2.24, 2.45) is 0 Å². The molecule has 0 radical (unpaired) electrons. The molecular formula is C22H25FN4O. The highest BCUT2D eigenvalue weighted by molar-refractivity contribution is 5.31. The van der Waals surface area contributed by atoms with Crippen LogP contribution in [0.15, 0.2) is 54.7 Å². The van der Waals surface area contributed by atoms with Gasteiger partial charge >= 0.3 is 0 Å². The molecule has 28 heavy (non-hydrogen) atoms. The number of methoxy groups -OCH3 is 1. The SMILES string of the molecule is COc1ccc(CCN2CCC(c3cn(-c4ccc(F)cc4)nn3)CC2)cc1. The quantitative estimate of drug-likeness (QED) is 0.652. The summed E-state index contributed by atoms with van der Waals surface area (Å²) in [6.07, 6.45) is 5.20. The molecular weight excluding hydrogens is 355 g/mol. The average Bonchev–Trinajstić information content (AvgIpc) is 3.24. The van der Waals surface area contributed by atoms with Gasteiger partial charge in [0.15, 0.2) is 0 Å². The maximum Gasteiger partial charge on any atom is 0.123 e. The number of benzene rings is 2. The van der Waals surface area contributed by atoms with Crippen molar-refractivity contribution < 1.29 is 9.13 Å². The van der Waals surface area contributed by atoms with E-state index in [4.69, 9.17) is 4.74 Å². The molecule has 0 unspecified atom stereocenters. The minimum atomic E-state index is -0.244. The maximum absolute atomic E-state index is 13.1. The van der Waals surface area contributed by atoms with Crippen LogP contribution in [0, 0.1) is 5.82 Å². The second-order valence-corrected chi connectivity index (χ2v) is 7.28. The highest BCUT2D eigenvalue weighted by Crippen LogP contribution is 2.27. The molecule has 0 atom stereocenters. The summed E-state index contributed by atoms with van der Waals surface area (Å²) < 4.78 is 20.0. The van der Waals surface area contributed by atoms with Gasteiger partial charge in [-0.3, -0.25) is 0 Å². The molecule has 0 amide bonds. The number of nitrogens with zero attached hydrogens (tertiary/aromatic N) is 4. The summed E-state index contributed by atoms with van der Waals surface area (Å²) in [5.41, 5.74) is 3.20. The van der Waals surface area contributed by atoms with Gasteiger partial charge in [-0.15, -0.1) is 5.10 Å². The van der Waals surface area contributed by atoms with Gasteiger partial charge in [0.1, 0.15) is 11.6 Å². The second kappa shape index (κ2) is 8.52. The first-order valence-electron chi connectivity index (χ1n) is 9.75. The molecule has 0 bridgehead atoms. The van der Waals surface area contributed by atoms with Crippen LogP contribution in [0.2, 0.25) is 0 Å². The third-order valence-corrected chi connectivity index (χ3v) is 5.48. The molecule has 1 aliphatic rings. The fourth-order valence-electron chi connectivity index (χ4n) is 3.72. The lowest BCUT2D eigenvalue weighted by atomic mass is 9.94. The molecule has 1 fully saturated rings. The van der Waals surface area contributed by atoms with Crippen molar-refractivity contribution in [2.75, 3.05) is 26.7 Å². The molecule has 2 aromatic carbocycles. The molecule has 1 saturated heterocycles. The highest BCUT2D eigenvalue weighted by atomic mass is 19.1. The van der Waals surface area contributed by atoms with E-state index < -0.39 is 0 Å². The van der Waals surface area contributed by atoms with Crippen molar-refractivity contribution in [1.82, 2.24) is 19.9 Å². The highest BCUT2D eigenvalue weighted by Gasteiger charge is 2.23. The molecule has 0 saturated carbocycles. The number of hydrogen-bond acceptors (Lipinski definition) is 4. The van der Waals surface area contributed by atoms with E-state index in [1.165, 1.54) is 17.7 Å². The molecule has 2 heterocycles. The largest absolute Gasteiger partial charge is 0.497 e. The minimum Gasteiger partial charge on any atom is -0.497 e. The maximum atomic E-state index is 13.1. The number of aromatic nitrogens is 3. The first kappa shape index (κ1) is 18.6. The number of likely N-dealkylation sites (tertiary alicyclic amines) is 1. The smallest absolute Gasteiger partial charge is 0.123 e. The number of ether oxygens (including phenoxy) is 1. The Bertz CT molecular complexity index is 884. The van der Waals surface area contributed by atoms with Gasteiger partial charge in [-0.05, 0) is 74.3 Å². The molecule has 0 aliphatic carbocycles. The summed E-state index contributed by atoms with van der Waals surface area (Å²) in [7, 11) is 1.69. The van der Waals surface area contributed by atoms with Crippen LogP contribution in [0.1, 0.15) is 30.0 Å². The van der Waals surface area contributed by atoms with Gasteiger partial charge in [-0.1, -0.05) is 17.3 Å². The number of piperidine rings is 1. The Labute approximate surface area is 164 Å². The Morgan fingerprint density at radius 1 is 1.04 bits per heavy atom. The van der Waals surface area contributed by atoms with Gasteiger partial charge in [0.25, 0.3) is 0 Å². The van der Waals surface area contributed by atoms with E-state index in [9.17, 15) is 4.39 Å². The Morgan fingerprint density at radius 2 is 1.75 bits per heavy atom. The van der Waals surface area contributed by atoms with Crippen LogP contribution in [0.4, 0.5) is 4.39 Å². The first-order valence-corrected chi connectivity index (χ1v) is 9.75. The standard InChI is InChI=1S/C22H25FN4O/c1-28-21-8-2-17(3-9-21)10-13-26-14-11-18(12-15-26)22-16-27(25-24-22)20-6-4-19(23)5-7-20/h2-9,16,18H,10-15H2,1H3. The van der Waals surface area contributed by atoms with Crippen molar-refractivity contribution in [3.05, 3.63) is 71.8 Å². The van der Waals surface area contributed by atoms with Gasteiger partial charge in [0.2, 0.25) is 0 Å². The zero-order valence-electron chi connectivity index (χ0n) is 16.1. The normalized spacial score (nSPS) is 15.6. The molecule has 1 aliphatic heterocycles. The van der Waals surface area contributed by atoms with Crippen LogP contribution in [-0.2, 0) is 6.42 Å². The van der Waals surface area contributed by atoms with E-state index in [2.05, 4.69) is 27.3 Å². The molecule has 5 nitrogen and oxygen atoms in total. The molecule has 0 spiro atoms. The molecule has 4 rings (SSSR count). The number of hydrogen-bond donors (Lipinski definition) is 0. The number of halogens is 1. The van der Waals surface area contributed by atoms with Crippen LogP contribution in [0.5, 0.6) is 5.75 Å². The van der Waals surface area contributed by atoms with E-state index in [0.29, 0.717) is 5.92 Å². The predicted octanol–water partition coefficient (Wildman–Crippen LogP) is 3.84. The van der Waals surface area contributed by atoms with Crippen molar-refractivity contribution in [3.8, 4) is 11.4 Å². The zero-order valence-corrected chi connectivity index (χ0v) is 16.1. The molecule has 6 heteroatoms. The van der Waals surface area contributed by atoms with Gasteiger partial charge in [-0.2, -0.15) is 0 Å². The fourth-order valence-corrected chi connectivity index (χ4v) is 3.72. The van der Waals surface area contributed by atoms with Crippen LogP contribution in [-0.4, -0.2) is 46.6 Å². The Balaban J connectivity index is 1.28. The Morgan fingerprint density at radius 3 is 2.43 bits per heavy atom. The van der Waals surface area contributed by atoms with Gasteiger partial charge < -0.3 is 9.64 Å². The molecule has 0 N–H and O–H groups in total. The average molecular weight is 380 g/mol. The number of rotatable bonds is 6. The van der Waals surface area contributed by atoms with Gasteiger partial charge in [0.05, 0.1) is 24.7 Å². The molecule has 3 aromatic rings. The minimum absolute atomic E-state index is 0.244. The van der Waals surface area contributed by atoms with E-state index in [1.54, 1.807) is 23.9 Å². The molecule has 146 valence electrons. The van der Waals surface area contributed by atoms with Crippen molar-refractivity contribution in [2.45, 2.75) is 25.2 Å². The van der Waals surface area contributed by atoms with E-state index in [1.807, 2.05) is 18.3 Å². The summed E-state index contributed by atoms with van der Waals surface area (Å²) in [6.45, 7) is 3.22. The zero-order chi connectivity index (χ0) is 19.3. The Kier molecular flexibility index (Phi) is 5.67. The third-order valence-electron chi connectivity index (χ3n) is 5.48. The van der Waals surface area contributed by atoms with E-state index in [0.717, 1.165) is 56.0 Å². The second-order valence-electron chi connectivity index (χ2n) is 7.28. The predicted molar refractivity (Wildman–Crippen MR) is 106 cm³/mol. The lowest BCUT2D eigenvalue weighted by Gasteiger charge is -2.31. The lowest BCUT2D eigenvalue weighted by molar-refractivity contribution is 0.213. The van der Waals surface area contributed by atoms with Crippen LogP contribution in [0.25, 0.3) is 5.69 Å². The summed E-state index contributed by atoms with van der Waals surface area (Å²) in [5, 5.41) is 8.58.